The number of carbonyl (C=O) groups is 1. The van der Waals surface area contributed by atoms with Gasteiger partial charge in [0.2, 0.25) is 0 Å². The van der Waals surface area contributed by atoms with Crippen LogP contribution in [0.4, 0.5) is 0 Å². The summed E-state index contributed by atoms with van der Waals surface area (Å²) >= 11 is 0. The number of H-pyrrole nitrogens is 1. The van der Waals surface area contributed by atoms with E-state index in [1.165, 1.54) is 11.1 Å². The maximum Gasteiger partial charge on any atom is 0.272 e. The number of aromatic nitrogens is 2. The van der Waals surface area contributed by atoms with E-state index in [1.54, 1.807) is 24.3 Å². The van der Waals surface area contributed by atoms with Crippen LogP contribution in [0.1, 0.15) is 40.5 Å². The lowest BCUT2D eigenvalue weighted by molar-refractivity contribution is 0.0928. The van der Waals surface area contributed by atoms with Gasteiger partial charge in [0.25, 0.3) is 11.5 Å². The number of rotatable bonds is 2. The van der Waals surface area contributed by atoms with Crippen LogP contribution in [0, 0.1) is 0 Å². The van der Waals surface area contributed by atoms with Gasteiger partial charge in [0.15, 0.2) is 5.69 Å². The molecule has 0 aliphatic heterocycles. The summed E-state index contributed by atoms with van der Waals surface area (Å²) in [7, 11) is 0. The molecule has 1 heterocycles. The minimum Gasteiger partial charge on any atom is -0.344 e. The van der Waals surface area contributed by atoms with Gasteiger partial charge in [0, 0.05) is 5.39 Å². The zero-order valence-electron chi connectivity index (χ0n) is 13.1. The Balaban J connectivity index is 1.69. The molecule has 1 amide bonds. The first-order valence-electron chi connectivity index (χ1n) is 8.10. The van der Waals surface area contributed by atoms with Gasteiger partial charge in [-0.3, -0.25) is 9.59 Å². The van der Waals surface area contributed by atoms with Gasteiger partial charge in [-0.2, -0.15) is 5.10 Å². The summed E-state index contributed by atoms with van der Waals surface area (Å²) in [6.07, 6.45) is 2.99. The molecule has 1 aliphatic rings. The van der Waals surface area contributed by atoms with Crippen molar-refractivity contribution in [2.45, 2.75) is 25.3 Å². The molecule has 1 aliphatic carbocycles. The molecule has 0 saturated carbocycles. The molecule has 1 atom stereocenters. The van der Waals surface area contributed by atoms with E-state index in [1.807, 2.05) is 12.1 Å². The quantitative estimate of drug-likeness (QED) is 0.762. The smallest absolute Gasteiger partial charge is 0.272 e. The molecule has 5 nitrogen and oxygen atoms in total. The van der Waals surface area contributed by atoms with Gasteiger partial charge in [0.05, 0.1) is 11.4 Å². The molecule has 4 rings (SSSR count). The van der Waals surface area contributed by atoms with Crippen molar-refractivity contribution in [3.8, 4) is 0 Å². The van der Waals surface area contributed by atoms with Gasteiger partial charge >= 0.3 is 0 Å². The highest BCUT2D eigenvalue weighted by atomic mass is 16.2. The highest BCUT2D eigenvalue weighted by molar-refractivity contribution is 6.04. The summed E-state index contributed by atoms with van der Waals surface area (Å²) in [6, 6.07) is 15.2. The van der Waals surface area contributed by atoms with Crippen molar-refractivity contribution in [2.75, 3.05) is 0 Å². The van der Waals surface area contributed by atoms with E-state index in [4.69, 9.17) is 0 Å². The minimum atomic E-state index is -0.287. The lowest BCUT2D eigenvalue weighted by Crippen LogP contribution is -2.32. The first-order chi connectivity index (χ1) is 11.7. The summed E-state index contributed by atoms with van der Waals surface area (Å²) in [5.41, 5.74) is 2.43. The fourth-order valence-electron chi connectivity index (χ4n) is 3.42. The number of nitrogens with one attached hydrogen (secondary N) is 2. The monoisotopic (exact) mass is 319 g/mol. The second-order valence-corrected chi connectivity index (χ2v) is 6.06. The Labute approximate surface area is 138 Å². The molecule has 0 unspecified atom stereocenters. The van der Waals surface area contributed by atoms with Crippen molar-refractivity contribution in [3.63, 3.8) is 0 Å². The lowest BCUT2D eigenvalue weighted by Gasteiger charge is -2.26. The van der Waals surface area contributed by atoms with E-state index in [2.05, 4.69) is 27.6 Å². The Morgan fingerprint density at radius 1 is 1.08 bits per heavy atom. The Morgan fingerprint density at radius 3 is 2.71 bits per heavy atom. The maximum absolute atomic E-state index is 12.8. The highest BCUT2D eigenvalue weighted by Gasteiger charge is 2.23. The number of benzene rings is 2. The third-order valence-corrected chi connectivity index (χ3v) is 4.59. The molecule has 0 fully saturated rings. The molecule has 0 spiro atoms. The molecule has 24 heavy (non-hydrogen) atoms. The summed E-state index contributed by atoms with van der Waals surface area (Å²) in [6.45, 7) is 0. The number of hydrogen-bond donors (Lipinski definition) is 2. The molecule has 0 saturated heterocycles. The van der Waals surface area contributed by atoms with Crippen LogP contribution in [-0.4, -0.2) is 16.1 Å². The van der Waals surface area contributed by atoms with Crippen LogP contribution in [0.3, 0.4) is 0 Å². The van der Waals surface area contributed by atoms with Crippen LogP contribution in [0.25, 0.3) is 10.8 Å². The van der Waals surface area contributed by atoms with Crippen molar-refractivity contribution in [2.24, 2.45) is 0 Å². The van der Waals surface area contributed by atoms with Crippen LogP contribution < -0.4 is 10.9 Å². The Hall–Kier alpha value is -2.95. The van der Waals surface area contributed by atoms with Crippen LogP contribution in [0.5, 0.6) is 0 Å². The largest absolute Gasteiger partial charge is 0.344 e. The Bertz CT molecular complexity index is 978. The standard InChI is InChI=1S/C19H17N3O2/c23-18-15-10-4-3-9-14(15)17(21-22-18)19(24)20-16-11-5-7-12-6-1-2-8-13(12)16/h1-4,6,8-10,16H,5,7,11H2,(H,20,24)(H,22,23)/t16-/m1/s1. The van der Waals surface area contributed by atoms with Crippen molar-refractivity contribution < 1.29 is 4.79 Å². The van der Waals surface area contributed by atoms with Crippen LogP contribution in [-0.2, 0) is 6.42 Å². The van der Waals surface area contributed by atoms with Crippen molar-refractivity contribution in [1.82, 2.24) is 15.5 Å². The predicted octanol–water partition coefficient (Wildman–Crippen LogP) is 2.73. The fraction of sp³-hybridized carbons (Fsp3) is 0.211. The molecule has 1 aromatic heterocycles. The number of amides is 1. The SMILES string of the molecule is O=C(N[C@@H]1CCCc2ccccc21)c1n[nH]c(=O)c2ccccc12. The second-order valence-electron chi connectivity index (χ2n) is 6.06. The molecule has 0 bridgehead atoms. The molecule has 2 N–H and O–H groups in total. The predicted molar refractivity (Wildman–Crippen MR) is 92.0 cm³/mol. The van der Waals surface area contributed by atoms with Crippen LogP contribution >= 0.6 is 0 Å². The van der Waals surface area contributed by atoms with Gasteiger partial charge in [-0.1, -0.05) is 42.5 Å². The normalized spacial score (nSPS) is 16.6. The third-order valence-electron chi connectivity index (χ3n) is 4.59. The van der Waals surface area contributed by atoms with Gasteiger partial charge in [-0.05, 0) is 36.5 Å². The molecule has 120 valence electrons. The minimum absolute atomic E-state index is 0.0186. The number of aryl methyl sites for hydroxylation is 1. The highest BCUT2D eigenvalue weighted by Crippen LogP contribution is 2.29. The Morgan fingerprint density at radius 2 is 1.83 bits per heavy atom. The number of fused-ring (bicyclic) bond motifs is 2. The summed E-state index contributed by atoms with van der Waals surface area (Å²) < 4.78 is 0. The number of carbonyl (C=O) groups excluding carboxylic acids is 1. The zero-order valence-corrected chi connectivity index (χ0v) is 13.1. The fourth-order valence-corrected chi connectivity index (χ4v) is 3.42. The van der Waals surface area contributed by atoms with E-state index in [-0.39, 0.29) is 23.2 Å². The topological polar surface area (TPSA) is 74.8 Å². The molecule has 2 aromatic carbocycles. The maximum atomic E-state index is 12.8. The average molecular weight is 319 g/mol. The third kappa shape index (κ3) is 2.48. The van der Waals surface area contributed by atoms with E-state index in [0.717, 1.165) is 19.3 Å². The Kier molecular flexibility index (Phi) is 3.61. The van der Waals surface area contributed by atoms with Gasteiger partial charge in [-0.25, -0.2) is 5.10 Å². The summed E-state index contributed by atoms with van der Waals surface area (Å²) in [5.74, 6) is -0.260. The van der Waals surface area contributed by atoms with E-state index < -0.39 is 0 Å². The number of hydrogen-bond acceptors (Lipinski definition) is 3. The first-order valence-corrected chi connectivity index (χ1v) is 8.10. The number of aromatic amines is 1. The van der Waals surface area contributed by atoms with Crippen molar-refractivity contribution >= 4 is 16.7 Å². The molecule has 0 radical (unpaired) electrons. The van der Waals surface area contributed by atoms with Crippen molar-refractivity contribution in [3.05, 3.63) is 75.7 Å². The average Bonchev–Trinajstić information content (AvgIpc) is 2.62. The first kappa shape index (κ1) is 14.6. The van der Waals surface area contributed by atoms with E-state index in [9.17, 15) is 9.59 Å². The van der Waals surface area contributed by atoms with E-state index >= 15 is 0 Å². The van der Waals surface area contributed by atoms with Gasteiger partial charge in [-0.15, -0.1) is 0 Å². The van der Waals surface area contributed by atoms with Crippen LogP contribution in [0.15, 0.2) is 53.3 Å². The summed E-state index contributed by atoms with van der Waals surface area (Å²) in [5, 5.41) is 10.5. The zero-order chi connectivity index (χ0) is 16.5. The molecular weight excluding hydrogens is 302 g/mol. The number of nitrogens with zero attached hydrogens (tertiary/aromatic N) is 1. The van der Waals surface area contributed by atoms with Gasteiger partial charge < -0.3 is 5.32 Å². The molecule has 3 aromatic rings. The molecule has 5 heteroatoms. The second kappa shape index (κ2) is 5.92. The van der Waals surface area contributed by atoms with Crippen molar-refractivity contribution in [1.29, 1.82) is 0 Å². The summed E-state index contributed by atoms with van der Waals surface area (Å²) in [4.78, 5) is 24.6. The molecular formula is C19H17N3O2. The lowest BCUT2D eigenvalue weighted by atomic mass is 9.87. The van der Waals surface area contributed by atoms with Gasteiger partial charge in [0.1, 0.15) is 0 Å². The van der Waals surface area contributed by atoms with E-state index in [0.29, 0.717) is 10.8 Å². The van der Waals surface area contributed by atoms with Crippen LogP contribution in [0.2, 0.25) is 0 Å².